The molecule has 1 aliphatic carbocycles. The molecule has 4 nitrogen and oxygen atoms in total. The summed E-state index contributed by atoms with van der Waals surface area (Å²) in [6.07, 6.45) is 21.0. The molecule has 0 aromatic rings. The molecular weight excluding hydrogens is 344 g/mol. The predicted octanol–water partition coefficient (Wildman–Crippen LogP) is 5.91. The monoisotopic (exact) mass is 380 g/mol. The standard InChI is InChI=1S/C24H36N4/c1-7-8-11-16-23(18-27-20(2)3)17-21(4)24(25-5)28(26-6)19-22-14-12-9-10-13-15-22/h9,11-16,18,25H,6-8,10,17,19H2,1-5H3/b16-11+,23-18+,24-21-. The highest BCUT2D eigenvalue weighted by molar-refractivity contribution is 5.79. The van der Waals surface area contributed by atoms with Crippen LogP contribution in [0.2, 0.25) is 0 Å². The fraction of sp³-hybridized carbons (Fsp3) is 0.417. The average Bonchev–Trinajstić information content (AvgIpc) is 2.94. The maximum Gasteiger partial charge on any atom is 0.121 e. The van der Waals surface area contributed by atoms with Gasteiger partial charge < -0.3 is 5.32 Å². The topological polar surface area (TPSA) is 40.0 Å². The van der Waals surface area contributed by atoms with Gasteiger partial charge in [0.05, 0.1) is 6.54 Å². The lowest BCUT2D eigenvalue weighted by molar-refractivity contribution is 0.370. The SMILES string of the molecule is C=NN(CC1=CC=CCC=C1)/C(NC)=C(/C)CC(=C/N=C(C)C)/C=C/CCC. The van der Waals surface area contributed by atoms with Crippen molar-refractivity contribution in [1.29, 1.82) is 0 Å². The van der Waals surface area contributed by atoms with E-state index in [1.54, 1.807) is 0 Å². The molecule has 0 saturated carbocycles. The van der Waals surface area contributed by atoms with Crippen molar-refractivity contribution in [2.75, 3.05) is 13.6 Å². The Kier molecular flexibility index (Phi) is 11.3. The molecule has 0 bridgehead atoms. The molecule has 1 N–H and O–H groups in total. The largest absolute Gasteiger partial charge is 0.373 e. The highest BCUT2D eigenvalue weighted by atomic mass is 15.5. The lowest BCUT2D eigenvalue weighted by atomic mass is 10.1. The van der Waals surface area contributed by atoms with Gasteiger partial charge in [0.25, 0.3) is 0 Å². The molecule has 0 unspecified atom stereocenters. The first kappa shape index (κ1) is 23.4. The van der Waals surface area contributed by atoms with Crippen molar-refractivity contribution >= 4 is 12.4 Å². The van der Waals surface area contributed by atoms with Crippen molar-refractivity contribution < 1.29 is 0 Å². The van der Waals surface area contributed by atoms with Crippen LogP contribution >= 0.6 is 0 Å². The van der Waals surface area contributed by atoms with Gasteiger partial charge in [-0.2, -0.15) is 5.10 Å². The molecule has 0 spiro atoms. The Balaban J connectivity index is 3.08. The average molecular weight is 381 g/mol. The zero-order valence-corrected chi connectivity index (χ0v) is 18.2. The van der Waals surface area contributed by atoms with Gasteiger partial charge in [-0.1, -0.05) is 55.9 Å². The normalized spacial score (nSPS) is 15.0. The summed E-state index contributed by atoms with van der Waals surface area (Å²) in [5, 5.41) is 9.49. The molecule has 152 valence electrons. The van der Waals surface area contributed by atoms with Crippen LogP contribution in [0.4, 0.5) is 0 Å². The van der Waals surface area contributed by atoms with Crippen molar-refractivity contribution in [3.8, 4) is 0 Å². The van der Waals surface area contributed by atoms with Crippen LogP contribution in [0.3, 0.4) is 0 Å². The van der Waals surface area contributed by atoms with E-state index in [-0.39, 0.29) is 0 Å². The number of nitrogens with zero attached hydrogens (tertiary/aromatic N) is 3. The van der Waals surface area contributed by atoms with Crippen LogP contribution in [0.15, 0.2) is 81.4 Å². The van der Waals surface area contributed by atoms with E-state index in [1.807, 2.05) is 32.1 Å². The summed E-state index contributed by atoms with van der Waals surface area (Å²) in [5.74, 6) is 0.976. The molecule has 1 rings (SSSR count). The van der Waals surface area contributed by atoms with E-state index in [9.17, 15) is 0 Å². The second kappa shape index (κ2) is 13.5. The smallest absolute Gasteiger partial charge is 0.121 e. The van der Waals surface area contributed by atoms with E-state index in [2.05, 4.69) is 78.5 Å². The molecule has 0 radical (unpaired) electrons. The van der Waals surface area contributed by atoms with Crippen LogP contribution in [0, 0.1) is 0 Å². The number of aliphatic imine (C=N–C) groups is 1. The predicted molar refractivity (Wildman–Crippen MR) is 125 cm³/mol. The van der Waals surface area contributed by atoms with Crippen molar-refractivity contribution in [1.82, 2.24) is 10.3 Å². The zero-order valence-electron chi connectivity index (χ0n) is 18.2. The first-order valence-corrected chi connectivity index (χ1v) is 10.0. The van der Waals surface area contributed by atoms with Gasteiger partial charge in [-0.3, -0.25) is 4.99 Å². The van der Waals surface area contributed by atoms with Crippen LogP contribution in [0.5, 0.6) is 0 Å². The maximum absolute atomic E-state index is 4.50. The first-order valence-electron chi connectivity index (χ1n) is 10.0. The molecule has 28 heavy (non-hydrogen) atoms. The Morgan fingerprint density at radius 1 is 1.29 bits per heavy atom. The minimum atomic E-state index is 0.675. The third kappa shape index (κ3) is 8.85. The van der Waals surface area contributed by atoms with Gasteiger partial charge in [0.2, 0.25) is 0 Å². The molecule has 0 amide bonds. The summed E-state index contributed by atoms with van der Waals surface area (Å²) < 4.78 is 0. The summed E-state index contributed by atoms with van der Waals surface area (Å²) >= 11 is 0. The van der Waals surface area contributed by atoms with Crippen molar-refractivity contribution in [3.63, 3.8) is 0 Å². The Bertz CT molecular complexity index is 711. The highest BCUT2D eigenvalue weighted by Gasteiger charge is 2.12. The number of rotatable bonds is 11. The Hall–Kier alpha value is -2.62. The third-order valence-corrected chi connectivity index (χ3v) is 4.20. The number of allylic oxidation sites excluding steroid dienone is 8. The van der Waals surface area contributed by atoms with Gasteiger partial charge in [0.15, 0.2) is 0 Å². The summed E-state index contributed by atoms with van der Waals surface area (Å²) in [6.45, 7) is 12.8. The van der Waals surface area contributed by atoms with Crippen molar-refractivity contribution in [3.05, 3.63) is 71.3 Å². The fourth-order valence-corrected chi connectivity index (χ4v) is 2.82. The Morgan fingerprint density at radius 3 is 2.71 bits per heavy atom. The van der Waals surface area contributed by atoms with Crippen molar-refractivity contribution in [2.24, 2.45) is 10.1 Å². The van der Waals surface area contributed by atoms with E-state index in [1.165, 1.54) is 16.7 Å². The Morgan fingerprint density at radius 2 is 2.07 bits per heavy atom. The second-order valence-corrected chi connectivity index (χ2v) is 7.03. The van der Waals surface area contributed by atoms with Gasteiger partial charge in [-0.15, -0.1) is 0 Å². The molecule has 1 aliphatic rings. The van der Waals surface area contributed by atoms with E-state index in [0.29, 0.717) is 6.54 Å². The van der Waals surface area contributed by atoms with E-state index in [0.717, 1.165) is 37.2 Å². The fourth-order valence-electron chi connectivity index (χ4n) is 2.82. The van der Waals surface area contributed by atoms with Crippen LogP contribution in [0.1, 0.15) is 53.4 Å². The van der Waals surface area contributed by atoms with Gasteiger partial charge >= 0.3 is 0 Å². The minimum Gasteiger partial charge on any atom is -0.373 e. The number of unbranched alkanes of at least 4 members (excludes halogenated alkanes) is 1. The molecule has 4 heteroatoms. The van der Waals surface area contributed by atoms with Crippen LogP contribution in [0.25, 0.3) is 0 Å². The lowest BCUT2D eigenvalue weighted by Gasteiger charge is -2.24. The van der Waals surface area contributed by atoms with E-state index < -0.39 is 0 Å². The molecule has 0 aliphatic heterocycles. The molecule has 0 atom stereocenters. The lowest BCUT2D eigenvalue weighted by Crippen LogP contribution is -2.28. The van der Waals surface area contributed by atoms with E-state index >= 15 is 0 Å². The molecule has 0 aromatic carbocycles. The molecule has 0 fully saturated rings. The number of nitrogens with one attached hydrogen (secondary N) is 1. The molecule has 0 saturated heterocycles. The Labute approximate surface area is 171 Å². The number of hydrogen-bond acceptors (Lipinski definition) is 4. The maximum atomic E-state index is 4.50. The highest BCUT2D eigenvalue weighted by Crippen LogP contribution is 2.19. The molecular formula is C24H36N4. The van der Waals surface area contributed by atoms with Gasteiger partial charge in [-0.05, 0) is 56.8 Å². The van der Waals surface area contributed by atoms with Crippen LogP contribution < -0.4 is 5.32 Å². The summed E-state index contributed by atoms with van der Waals surface area (Å²) in [5.41, 5.74) is 4.62. The second-order valence-electron chi connectivity index (χ2n) is 7.03. The summed E-state index contributed by atoms with van der Waals surface area (Å²) in [7, 11) is 1.93. The number of hydrazone groups is 1. The first-order chi connectivity index (χ1) is 13.5. The summed E-state index contributed by atoms with van der Waals surface area (Å²) in [6, 6.07) is 0. The summed E-state index contributed by atoms with van der Waals surface area (Å²) in [4.78, 5) is 4.50. The van der Waals surface area contributed by atoms with Gasteiger partial charge in [0, 0.05) is 25.7 Å². The third-order valence-electron chi connectivity index (χ3n) is 4.20. The zero-order chi connectivity index (χ0) is 20.8. The van der Waals surface area contributed by atoms with Crippen molar-refractivity contribution in [2.45, 2.75) is 53.4 Å². The number of hydrogen-bond donors (Lipinski definition) is 1. The van der Waals surface area contributed by atoms with E-state index in [4.69, 9.17) is 0 Å². The van der Waals surface area contributed by atoms with Gasteiger partial charge in [-0.25, -0.2) is 5.01 Å². The minimum absolute atomic E-state index is 0.675. The van der Waals surface area contributed by atoms with Gasteiger partial charge in [0.1, 0.15) is 5.82 Å². The quantitative estimate of drug-likeness (QED) is 0.275. The molecule has 0 heterocycles. The van der Waals surface area contributed by atoms with Crippen LogP contribution in [-0.2, 0) is 0 Å². The van der Waals surface area contributed by atoms with Crippen LogP contribution in [-0.4, -0.2) is 31.0 Å². The molecule has 0 aromatic heterocycles.